The van der Waals surface area contributed by atoms with Gasteiger partial charge in [-0.25, -0.2) is 0 Å². The van der Waals surface area contributed by atoms with Gasteiger partial charge in [-0.3, -0.25) is 4.79 Å². The maximum absolute atomic E-state index is 12.8. The molecule has 1 N–H and O–H groups in total. The number of ether oxygens (including phenoxy) is 1. The van der Waals surface area contributed by atoms with Crippen LogP contribution < -0.4 is 10.1 Å². The lowest BCUT2D eigenvalue weighted by molar-refractivity contribution is -0.122. The number of rotatable bonds is 6. The van der Waals surface area contributed by atoms with Gasteiger partial charge in [0.05, 0.1) is 0 Å². The van der Waals surface area contributed by atoms with Crippen LogP contribution in [0.1, 0.15) is 68.7 Å². The highest BCUT2D eigenvalue weighted by Gasteiger charge is 2.20. The van der Waals surface area contributed by atoms with E-state index in [1.54, 1.807) is 6.92 Å². The van der Waals surface area contributed by atoms with E-state index in [2.05, 4.69) is 57.3 Å². The van der Waals surface area contributed by atoms with Crippen molar-refractivity contribution >= 4 is 11.6 Å². The molecule has 0 bridgehead atoms. The second-order valence-electron chi connectivity index (χ2n) is 7.69. The Morgan fingerprint density at radius 1 is 0.885 bits per heavy atom. The Morgan fingerprint density at radius 3 is 1.85 bits per heavy atom. The van der Waals surface area contributed by atoms with Crippen molar-refractivity contribution < 1.29 is 9.53 Å². The second kappa shape index (κ2) is 8.39. The molecule has 3 nitrogen and oxygen atoms in total. The molecule has 0 saturated heterocycles. The molecule has 0 spiro atoms. The molecule has 1 amide bonds. The molecule has 2 aromatic rings. The molecule has 3 heteroatoms. The van der Waals surface area contributed by atoms with Crippen molar-refractivity contribution in [1.82, 2.24) is 0 Å². The first-order chi connectivity index (χ1) is 12.2. The number of anilines is 1. The average Bonchev–Trinajstić information content (AvgIpc) is 2.53. The summed E-state index contributed by atoms with van der Waals surface area (Å²) in [6.45, 7) is 14.4. The smallest absolute Gasteiger partial charge is 0.265 e. The summed E-state index contributed by atoms with van der Waals surface area (Å²) in [6, 6.07) is 12.2. The van der Waals surface area contributed by atoms with Crippen LogP contribution in [0.5, 0.6) is 5.75 Å². The zero-order valence-corrected chi connectivity index (χ0v) is 17.0. The molecule has 0 aliphatic rings. The number of benzene rings is 2. The van der Waals surface area contributed by atoms with Gasteiger partial charge < -0.3 is 10.1 Å². The third-order valence-corrected chi connectivity index (χ3v) is 4.50. The molecule has 1 unspecified atom stereocenters. The molecule has 140 valence electrons. The first kappa shape index (κ1) is 20.0. The van der Waals surface area contributed by atoms with Gasteiger partial charge in [0.1, 0.15) is 5.75 Å². The fraction of sp³-hybridized carbons (Fsp3) is 0.435. The molecule has 0 fully saturated rings. The van der Waals surface area contributed by atoms with Crippen LogP contribution in [-0.2, 0) is 4.79 Å². The lowest BCUT2D eigenvalue weighted by Crippen LogP contribution is -2.31. The van der Waals surface area contributed by atoms with E-state index in [-0.39, 0.29) is 5.91 Å². The minimum absolute atomic E-state index is 0.126. The van der Waals surface area contributed by atoms with Gasteiger partial charge in [0, 0.05) is 5.69 Å². The third-order valence-electron chi connectivity index (χ3n) is 4.50. The average molecular weight is 354 g/mol. The number of para-hydroxylation sites is 1. The summed E-state index contributed by atoms with van der Waals surface area (Å²) in [6.07, 6.45) is -0.573. The monoisotopic (exact) mass is 353 g/mol. The molecule has 0 saturated carbocycles. The Morgan fingerprint density at radius 2 is 1.38 bits per heavy atom. The standard InChI is InChI=1S/C23H31NO2/c1-14(2)20-9-8-10-21(15(3)4)22(20)24-23(25)18(7)26-19-12-16(5)11-17(6)13-19/h8-15,18H,1-7H3,(H,24,25). The van der Waals surface area contributed by atoms with E-state index in [9.17, 15) is 4.79 Å². The third kappa shape index (κ3) is 4.87. The molecule has 0 aromatic heterocycles. The van der Waals surface area contributed by atoms with Gasteiger partial charge in [0.15, 0.2) is 6.10 Å². The number of aryl methyl sites for hydroxylation is 2. The molecule has 26 heavy (non-hydrogen) atoms. The van der Waals surface area contributed by atoms with E-state index in [0.29, 0.717) is 11.8 Å². The van der Waals surface area contributed by atoms with Crippen molar-refractivity contribution in [3.05, 3.63) is 58.7 Å². The zero-order chi connectivity index (χ0) is 19.4. The number of carbonyl (C=O) groups is 1. The van der Waals surface area contributed by atoms with E-state index in [1.165, 1.54) is 0 Å². The molecule has 2 aromatic carbocycles. The Hall–Kier alpha value is -2.29. The predicted molar refractivity (Wildman–Crippen MR) is 109 cm³/mol. The SMILES string of the molecule is Cc1cc(C)cc(OC(C)C(=O)Nc2c(C(C)C)cccc2C(C)C)c1. The number of hydrogen-bond donors (Lipinski definition) is 1. The fourth-order valence-electron chi connectivity index (χ4n) is 3.18. The number of nitrogens with one attached hydrogen (secondary N) is 1. The van der Waals surface area contributed by atoms with Crippen molar-refractivity contribution in [2.45, 2.75) is 66.4 Å². The predicted octanol–water partition coefficient (Wildman–Crippen LogP) is 5.96. The summed E-state index contributed by atoms with van der Waals surface area (Å²) in [5, 5.41) is 3.13. The van der Waals surface area contributed by atoms with Crippen LogP contribution >= 0.6 is 0 Å². The molecule has 0 heterocycles. The van der Waals surface area contributed by atoms with Gasteiger partial charge in [-0.15, -0.1) is 0 Å². The molecular formula is C23H31NO2. The van der Waals surface area contributed by atoms with Gasteiger partial charge in [-0.05, 0) is 67.0 Å². The quantitative estimate of drug-likeness (QED) is 0.696. The Kier molecular flexibility index (Phi) is 6.47. The molecule has 2 rings (SSSR count). The number of amides is 1. The summed E-state index contributed by atoms with van der Waals surface area (Å²) in [4.78, 5) is 12.8. The topological polar surface area (TPSA) is 38.3 Å². The summed E-state index contributed by atoms with van der Waals surface area (Å²) >= 11 is 0. The summed E-state index contributed by atoms with van der Waals surface area (Å²) < 4.78 is 5.90. The first-order valence-corrected chi connectivity index (χ1v) is 9.37. The minimum Gasteiger partial charge on any atom is -0.481 e. The maximum Gasteiger partial charge on any atom is 0.265 e. The summed E-state index contributed by atoms with van der Waals surface area (Å²) in [7, 11) is 0. The van der Waals surface area contributed by atoms with Crippen molar-refractivity contribution in [2.24, 2.45) is 0 Å². The highest BCUT2D eigenvalue weighted by atomic mass is 16.5. The maximum atomic E-state index is 12.8. The van der Waals surface area contributed by atoms with Crippen LogP contribution in [0.25, 0.3) is 0 Å². The van der Waals surface area contributed by atoms with Crippen LogP contribution in [0.4, 0.5) is 5.69 Å². The highest BCUT2D eigenvalue weighted by molar-refractivity contribution is 5.95. The lowest BCUT2D eigenvalue weighted by Gasteiger charge is -2.22. The van der Waals surface area contributed by atoms with Crippen LogP contribution in [0.3, 0.4) is 0 Å². The van der Waals surface area contributed by atoms with E-state index in [1.807, 2.05) is 26.0 Å². The number of hydrogen-bond acceptors (Lipinski definition) is 2. The van der Waals surface area contributed by atoms with Crippen molar-refractivity contribution in [1.29, 1.82) is 0 Å². The van der Waals surface area contributed by atoms with Crippen molar-refractivity contribution in [3.63, 3.8) is 0 Å². The summed E-state index contributed by atoms with van der Waals surface area (Å²) in [5.41, 5.74) is 5.49. The van der Waals surface area contributed by atoms with Crippen LogP contribution in [0, 0.1) is 13.8 Å². The fourth-order valence-corrected chi connectivity index (χ4v) is 3.18. The van der Waals surface area contributed by atoms with Gasteiger partial charge in [-0.2, -0.15) is 0 Å². The second-order valence-corrected chi connectivity index (χ2v) is 7.69. The van der Waals surface area contributed by atoms with Gasteiger partial charge >= 0.3 is 0 Å². The lowest BCUT2D eigenvalue weighted by atomic mass is 9.92. The molecule has 0 radical (unpaired) electrons. The molecule has 0 aliphatic heterocycles. The number of carbonyl (C=O) groups excluding carboxylic acids is 1. The largest absolute Gasteiger partial charge is 0.481 e. The van der Waals surface area contributed by atoms with E-state index in [4.69, 9.17) is 4.74 Å². The van der Waals surface area contributed by atoms with Crippen LogP contribution in [-0.4, -0.2) is 12.0 Å². The normalized spacial score (nSPS) is 12.3. The highest BCUT2D eigenvalue weighted by Crippen LogP contribution is 2.32. The molecule has 1 atom stereocenters. The Labute approximate surface area is 157 Å². The van der Waals surface area contributed by atoms with Crippen molar-refractivity contribution in [2.75, 3.05) is 5.32 Å². The van der Waals surface area contributed by atoms with Crippen LogP contribution in [0.15, 0.2) is 36.4 Å². The van der Waals surface area contributed by atoms with E-state index >= 15 is 0 Å². The van der Waals surface area contributed by atoms with E-state index in [0.717, 1.165) is 33.7 Å². The van der Waals surface area contributed by atoms with E-state index < -0.39 is 6.10 Å². The zero-order valence-electron chi connectivity index (χ0n) is 17.0. The first-order valence-electron chi connectivity index (χ1n) is 9.37. The van der Waals surface area contributed by atoms with Gasteiger partial charge in [0.2, 0.25) is 0 Å². The van der Waals surface area contributed by atoms with Gasteiger partial charge in [-0.1, -0.05) is 52.0 Å². The summed E-state index contributed by atoms with van der Waals surface area (Å²) in [5.74, 6) is 1.27. The minimum atomic E-state index is -0.573. The van der Waals surface area contributed by atoms with Crippen molar-refractivity contribution in [3.8, 4) is 5.75 Å². The Balaban J connectivity index is 2.23. The Bertz CT molecular complexity index is 731. The molecule has 0 aliphatic carbocycles. The molecular weight excluding hydrogens is 322 g/mol. The van der Waals surface area contributed by atoms with Gasteiger partial charge in [0.25, 0.3) is 5.91 Å². The van der Waals surface area contributed by atoms with Crippen LogP contribution in [0.2, 0.25) is 0 Å².